The first kappa shape index (κ1) is 13.2. The van der Waals surface area contributed by atoms with Crippen LogP contribution < -0.4 is 5.32 Å². The van der Waals surface area contributed by atoms with Crippen LogP contribution in [-0.4, -0.2) is 35.8 Å². The van der Waals surface area contributed by atoms with Crippen LogP contribution in [0.5, 0.6) is 0 Å². The van der Waals surface area contributed by atoms with Gasteiger partial charge in [0, 0.05) is 24.9 Å². The normalized spacial score (nSPS) is 22.9. The third kappa shape index (κ3) is 3.30. The Morgan fingerprint density at radius 2 is 2.19 bits per heavy atom. The zero-order chi connectivity index (χ0) is 12.1. The molecule has 1 rings (SSSR count). The van der Waals surface area contributed by atoms with E-state index in [0.29, 0.717) is 19.0 Å². The lowest BCUT2D eigenvalue weighted by Gasteiger charge is -2.18. The summed E-state index contributed by atoms with van der Waals surface area (Å²) in [5.41, 5.74) is 0. The lowest BCUT2D eigenvalue weighted by molar-refractivity contribution is -0.139. The maximum absolute atomic E-state index is 11.6. The Labute approximate surface area is 97.4 Å². The molecule has 0 bridgehead atoms. The van der Waals surface area contributed by atoms with Gasteiger partial charge >= 0.3 is 0 Å². The second-order valence-electron chi connectivity index (χ2n) is 4.63. The molecule has 1 heterocycles. The van der Waals surface area contributed by atoms with Gasteiger partial charge in [-0.2, -0.15) is 0 Å². The van der Waals surface area contributed by atoms with Crippen LogP contribution in [0.25, 0.3) is 0 Å². The summed E-state index contributed by atoms with van der Waals surface area (Å²) < 4.78 is 0. The minimum atomic E-state index is -0.119. The van der Waals surface area contributed by atoms with Crippen molar-refractivity contribution in [1.82, 2.24) is 10.2 Å². The van der Waals surface area contributed by atoms with Crippen LogP contribution in [-0.2, 0) is 9.59 Å². The fraction of sp³-hybridized carbons (Fsp3) is 0.833. The van der Waals surface area contributed by atoms with Crippen molar-refractivity contribution in [3.05, 3.63) is 0 Å². The quantitative estimate of drug-likeness (QED) is 0.691. The average Bonchev–Trinajstić information content (AvgIpc) is 2.48. The van der Waals surface area contributed by atoms with Gasteiger partial charge < -0.3 is 5.32 Å². The standard InChI is InChI=1S/C12H22N2O2/c1-4-6-13-10(3)5-7-14-11(15)8-9(2)12(14)16/h9-10,13H,4-8H2,1-3H3. The van der Waals surface area contributed by atoms with Gasteiger partial charge in [-0.1, -0.05) is 13.8 Å². The molecule has 1 aliphatic rings. The van der Waals surface area contributed by atoms with Crippen molar-refractivity contribution in [2.45, 2.75) is 46.1 Å². The monoisotopic (exact) mass is 226 g/mol. The van der Waals surface area contributed by atoms with Crippen molar-refractivity contribution in [1.29, 1.82) is 0 Å². The number of rotatable bonds is 6. The highest BCUT2D eigenvalue weighted by molar-refractivity contribution is 6.03. The van der Waals surface area contributed by atoms with E-state index in [1.807, 2.05) is 6.92 Å². The predicted octanol–water partition coefficient (Wildman–Crippen LogP) is 1.16. The second kappa shape index (κ2) is 5.99. The highest BCUT2D eigenvalue weighted by Gasteiger charge is 2.35. The molecule has 92 valence electrons. The van der Waals surface area contributed by atoms with E-state index in [2.05, 4.69) is 19.2 Å². The van der Waals surface area contributed by atoms with Crippen molar-refractivity contribution in [3.8, 4) is 0 Å². The molecule has 4 nitrogen and oxygen atoms in total. The van der Waals surface area contributed by atoms with E-state index in [0.717, 1.165) is 19.4 Å². The lowest BCUT2D eigenvalue weighted by atomic mass is 10.1. The van der Waals surface area contributed by atoms with Crippen LogP contribution in [0.15, 0.2) is 0 Å². The summed E-state index contributed by atoms with van der Waals surface area (Å²) in [6.45, 7) is 7.57. The van der Waals surface area contributed by atoms with Gasteiger partial charge in [0.25, 0.3) is 0 Å². The van der Waals surface area contributed by atoms with Gasteiger partial charge in [0.2, 0.25) is 11.8 Å². The first-order valence-corrected chi connectivity index (χ1v) is 6.13. The third-order valence-electron chi connectivity index (χ3n) is 3.00. The van der Waals surface area contributed by atoms with Crippen molar-refractivity contribution < 1.29 is 9.59 Å². The molecule has 0 aromatic rings. The zero-order valence-corrected chi connectivity index (χ0v) is 10.5. The minimum Gasteiger partial charge on any atom is -0.314 e. The number of carbonyl (C=O) groups excluding carboxylic acids is 2. The Bertz CT molecular complexity index is 266. The zero-order valence-electron chi connectivity index (χ0n) is 10.5. The van der Waals surface area contributed by atoms with Gasteiger partial charge in [0.1, 0.15) is 0 Å². The first-order valence-electron chi connectivity index (χ1n) is 6.13. The van der Waals surface area contributed by atoms with E-state index in [9.17, 15) is 9.59 Å². The summed E-state index contributed by atoms with van der Waals surface area (Å²) in [7, 11) is 0. The fourth-order valence-electron chi connectivity index (χ4n) is 1.90. The van der Waals surface area contributed by atoms with Gasteiger partial charge in [-0.3, -0.25) is 14.5 Å². The van der Waals surface area contributed by atoms with Crippen molar-refractivity contribution in [2.24, 2.45) is 5.92 Å². The van der Waals surface area contributed by atoms with Crippen molar-refractivity contribution in [2.75, 3.05) is 13.1 Å². The van der Waals surface area contributed by atoms with Crippen LogP contribution in [0, 0.1) is 5.92 Å². The number of nitrogens with zero attached hydrogens (tertiary/aromatic N) is 1. The number of hydrogen-bond acceptors (Lipinski definition) is 3. The molecule has 0 aromatic carbocycles. The van der Waals surface area contributed by atoms with Gasteiger partial charge in [0.15, 0.2) is 0 Å². The van der Waals surface area contributed by atoms with Crippen LogP contribution in [0.2, 0.25) is 0 Å². The summed E-state index contributed by atoms with van der Waals surface area (Å²) in [4.78, 5) is 24.5. The number of imide groups is 1. The Morgan fingerprint density at radius 3 is 2.69 bits per heavy atom. The topological polar surface area (TPSA) is 49.4 Å². The molecular weight excluding hydrogens is 204 g/mol. The molecule has 1 aliphatic heterocycles. The molecule has 2 atom stereocenters. The molecule has 0 saturated carbocycles. The smallest absolute Gasteiger partial charge is 0.232 e. The maximum atomic E-state index is 11.6. The average molecular weight is 226 g/mol. The summed E-state index contributed by atoms with van der Waals surface area (Å²) in [6, 6.07) is 0.358. The van der Waals surface area contributed by atoms with Gasteiger partial charge in [-0.05, 0) is 26.3 Å². The maximum Gasteiger partial charge on any atom is 0.232 e. The first-order chi connectivity index (χ1) is 7.56. The minimum absolute atomic E-state index is 0.00677. The Morgan fingerprint density at radius 1 is 1.50 bits per heavy atom. The molecule has 0 radical (unpaired) electrons. The second-order valence-corrected chi connectivity index (χ2v) is 4.63. The van der Waals surface area contributed by atoms with E-state index >= 15 is 0 Å². The molecule has 1 N–H and O–H groups in total. The Kier molecular flexibility index (Phi) is 4.93. The molecule has 1 saturated heterocycles. The number of nitrogens with one attached hydrogen (secondary N) is 1. The van der Waals surface area contributed by atoms with Gasteiger partial charge in [-0.25, -0.2) is 0 Å². The largest absolute Gasteiger partial charge is 0.314 e. The molecule has 4 heteroatoms. The predicted molar refractivity (Wildman–Crippen MR) is 62.9 cm³/mol. The Balaban J connectivity index is 2.32. The molecule has 2 unspecified atom stereocenters. The van der Waals surface area contributed by atoms with Gasteiger partial charge in [-0.15, -0.1) is 0 Å². The fourth-order valence-corrected chi connectivity index (χ4v) is 1.90. The molecule has 0 aromatic heterocycles. The van der Waals surface area contributed by atoms with Crippen LogP contribution in [0.3, 0.4) is 0 Å². The lowest BCUT2D eigenvalue weighted by Crippen LogP contribution is -2.36. The van der Waals surface area contributed by atoms with Crippen molar-refractivity contribution >= 4 is 11.8 Å². The van der Waals surface area contributed by atoms with E-state index in [1.54, 1.807) is 0 Å². The van der Waals surface area contributed by atoms with E-state index in [4.69, 9.17) is 0 Å². The van der Waals surface area contributed by atoms with Crippen LogP contribution in [0.1, 0.15) is 40.0 Å². The number of amides is 2. The SMILES string of the molecule is CCCNC(C)CCN1C(=O)CC(C)C1=O. The van der Waals surface area contributed by atoms with E-state index in [1.165, 1.54) is 4.90 Å². The third-order valence-corrected chi connectivity index (χ3v) is 3.00. The molecule has 0 aliphatic carbocycles. The number of likely N-dealkylation sites (tertiary alicyclic amines) is 1. The molecular formula is C12H22N2O2. The Hall–Kier alpha value is -0.900. The van der Waals surface area contributed by atoms with Crippen molar-refractivity contribution in [3.63, 3.8) is 0 Å². The number of carbonyl (C=O) groups is 2. The van der Waals surface area contributed by atoms with E-state index in [-0.39, 0.29) is 17.7 Å². The van der Waals surface area contributed by atoms with Crippen LogP contribution in [0.4, 0.5) is 0 Å². The molecule has 0 spiro atoms. The highest BCUT2D eigenvalue weighted by Crippen LogP contribution is 2.18. The van der Waals surface area contributed by atoms with Crippen LogP contribution >= 0.6 is 0 Å². The molecule has 1 fully saturated rings. The van der Waals surface area contributed by atoms with E-state index < -0.39 is 0 Å². The summed E-state index contributed by atoms with van der Waals surface area (Å²) in [5.74, 6) is -0.140. The highest BCUT2D eigenvalue weighted by atomic mass is 16.2. The summed E-state index contributed by atoms with van der Waals surface area (Å²) in [5, 5.41) is 3.35. The molecule has 2 amide bonds. The summed E-state index contributed by atoms with van der Waals surface area (Å²) >= 11 is 0. The number of hydrogen-bond donors (Lipinski definition) is 1. The summed E-state index contributed by atoms with van der Waals surface area (Å²) in [6.07, 6.45) is 2.32. The molecule has 16 heavy (non-hydrogen) atoms. The van der Waals surface area contributed by atoms with Gasteiger partial charge in [0.05, 0.1) is 0 Å².